The van der Waals surface area contributed by atoms with Crippen LogP contribution >= 0.6 is 0 Å². The molecule has 0 radical (unpaired) electrons. The van der Waals surface area contributed by atoms with Crippen molar-refractivity contribution < 1.29 is 4.74 Å². The number of ether oxygens (including phenoxy) is 1. The summed E-state index contributed by atoms with van der Waals surface area (Å²) in [7, 11) is 0. The summed E-state index contributed by atoms with van der Waals surface area (Å²) in [5.74, 6) is 1.22. The van der Waals surface area contributed by atoms with Crippen molar-refractivity contribution in [2.75, 3.05) is 5.73 Å². The van der Waals surface area contributed by atoms with Crippen LogP contribution in [0.3, 0.4) is 0 Å². The molecule has 0 aromatic carbocycles. The SMILES string of the molecule is CC(C)Cn1nc(N)c2c1COC2. The third-order valence-electron chi connectivity index (χ3n) is 2.22. The number of nitrogen functional groups attached to an aromatic ring is 1. The number of rotatable bonds is 2. The van der Waals surface area contributed by atoms with Gasteiger partial charge < -0.3 is 10.5 Å². The molecule has 0 saturated heterocycles. The Kier molecular flexibility index (Phi) is 2.00. The number of hydrogen-bond acceptors (Lipinski definition) is 3. The Morgan fingerprint density at radius 2 is 2.31 bits per heavy atom. The van der Waals surface area contributed by atoms with Gasteiger partial charge in [0, 0.05) is 12.1 Å². The monoisotopic (exact) mass is 181 g/mol. The Hall–Kier alpha value is -1.03. The zero-order valence-corrected chi connectivity index (χ0v) is 8.08. The summed E-state index contributed by atoms with van der Waals surface area (Å²) in [6, 6.07) is 0. The molecule has 1 aromatic heterocycles. The van der Waals surface area contributed by atoms with Crippen molar-refractivity contribution in [3.63, 3.8) is 0 Å². The van der Waals surface area contributed by atoms with Crippen LogP contribution in [-0.4, -0.2) is 9.78 Å². The molecule has 4 heteroatoms. The first-order valence-corrected chi connectivity index (χ1v) is 4.60. The van der Waals surface area contributed by atoms with Gasteiger partial charge in [-0.15, -0.1) is 0 Å². The van der Waals surface area contributed by atoms with Gasteiger partial charge in [0.05, 0.1) is 18.9 Å². The number of nitrogens with zero attached hydrogens (tertiary/aromatic N) is 2. The zero-order valence-electron chi connectivity index (χ0n) is 8.08. The number of hydrogen-bond donors (Lipinski definition) is 1. The van der Waals surface area contributed by atoms with Gasteiger partial charge in [-0.2, -0.15) is 5.10 Å². The molecule has 0 aliphatic carbocycles. The maximum absolute atomic E-state index is 5.76. The quantitative estimate of drug-likeness (QED) is 0.744. The van der Waals surface area contributed by atoms with Crippen molar-refractivity contribution in [2.24, 2.45) is 5.92 Å². The highest BCUT2D eigenvalue weighted by molar-refractivity contribution is 5.43. The van der Waals surface area contributed by atoms with Crippen molar-refractivity contribution >= 4 is 5.82 Å². The minimum absolute atomic E-state index is 0.587. The molecule has 0 fully saturated rings. The minimum atomic E-state index is 0.587. The maximum Gasteiger partial charge on any atom is 0.151 e. The molecule has 0 unspecified atom stereocenters. The van der Waals surface area contributed by atoms with E-state index in [0.717, 1.165) is 17.8 Å². The van der Waals surface area contributed by atoms with E-state index < -0.39 is 0 Å². The van der Waals surface area contributed by atoms with Gasteiger partial charge in [-0.05, 0) is 5.92 Å². The molecule has 0 saturated carbocycles. The van der Waals surface area contributed by atoms with Gasteiger partial charge in [0.25, 0.3) is 0 Å². The number of fused-ring (bicyclic) bond motifs is 1. The first kappa shape index (κ1) is 8.56. The topological polar surface area (TPSA) is 53.1 Å². The predicted octanol–water partition coefficient (Wildman–Crippen LogP) is 1.15. The molecule has 4 nitrogen and oxygen atoms in total. The maximum atomic E-state index is 5.76. The molecule has 1 aromatic rings. The second-order valence-electron chi connectivity index (χ2n) is 3.88. The second kappa shape index (κ2) is 3.03. The molecule has 13 heavy (non-hydrogen) atoms. The number of nitrogens with two attached hydrogens (primary N) is 1. The van der Waals surface area contributed by atoms with E-state index >= 15 is 0 Å². The van der Waals surface area contributed by atoms with Crippen LogP contribution in [0.4, 0.5) is 5.82 Å². The van der Waals surface area contributed by atoms with Gasteiger partial charge in [0.1, 0.15) is 0 Å². The van der Waals surface area contributed by atoms with E-state index in [2.05, 4.69) is 18.9 Å². The van der Waals surface area contributed by atoms with E-state index in [4.69, 9.17) is 10.5 Å². The largest absolute Gasteiger partial charge is 0.382 e. The molecule has 0 bridgehead atoms. The van der Waals surface area contributed by atoms with E-state index in [1.807, 2.05) is 4.68 Å². The third-order valence-corrected chi connectivity index (χ3v) is 2.22. The zero-order chi connectivity index (χ0) is 9.42. The van der Waals surface area contributed by atoms with Crippen molar-refractivity contribution in [1.82, 2.24) is 9.78 Å². The summed E-state index contributed by atoms with van der Waals surface area (Å²) >= 11 is 0. The van der Waals surface area contributed by atoms with Crippen LogP contribution in [0.1, 0.15) is 25.1 Å². The van der Waals surface area contributed by atoms with Crippen LogP contribution in [0.25, 0.3) is 0 Å². The molecule has 0 amide bonds. The Balaban J connectivity index is 2.31. The van der Waals surface area contributed by atoms with Crippen LogP contribution in [0.15, 0.2) is 0 Å². The van der Waals surface area contributed by atoms with Crippen LogP contribution < -0.4 is 5.73 Å². The molecular formula is C9H15N3O. The first-order chi connectivity index (χ1) is 6.18. The second-order valence-corrected chi connectivity index (χ2v) is 3.88. The van der Waals surface area contributed by atoms with Crippen LogP contribution in [0.2, 0.25) is 0 Å². The van der Waals surface area contributed by atoms with Crippen LogP contribution in [0, 0.1) is 5.92 Å². The predicted molar refractivity (Wildman–Crippen MR) is 50.0 cm³/mol. The molecule has 1 aliphatic heterocycles. The summed E-state index contributed by atoms with van der Waals surface area (Å²) < 4.78 is 7.29. The van der Waals surface area contributed by atoms with Crippen molar-refractivity contribution in [3.8, 4) is 0 Å². The lowest BCUT2D eigenvalue weighted by Gasteiger charge is -2.07. The molecule has 1 aliphatic rings. The summed E-state index contributed by atoms with van der Waals surface area (Å²) in [4.78, 5) is 0. The number of aromatic nitrogens is 2. The van der Waals surface area contributed by atoms with E-state index in [1.165, 1.54) is 0 Å². The van der Waals surface area contributed by atoms with Gasteiger partial charge in [-0.1, -0.05) is 13.8 Å². The highest BCUT2D eigenvalue weighted by Gasteiger charge is 2.21. The Morgan fingerprint density at radius 1 is 1.54 bits per heavy atom. The van der Waals surface area contributed by atoms with E-state index in [-0.39, 0.29) is 0 Å². The highest BCUT2D eigenvalue weighted by Crippen LogP contribution is 2.25. The Morgan fingerprint density at radius 3 is 3.00 bits per heavy atom. The molecule has 0 atom stereocenters. The highest BCUT2D eigenvalue weighted by atomic mass is 16.5. The molecule has 2 N–H and O–H groups in total. The van der Waals surface area contributed by atoms with Crippen molar-refractivity contribution in [3.05, 3.63) is 11.3 Å². The van der Waals surface area contributed by atoms with Crippen LogP contribution in [-0.2, 0) is 24.5 Å². The van der Waals surface area contributed by atoms with Gasteiger partial charge in [-0.3, -0.25) is 4.68 Å². The normalized spacial score (nSPS) is 15.3. The molecule has 2 heterocycles. The summed E-state index contributed by atoms with van der Waals surface area (Å²) in [5.41, 5.74) is 8.00. The average molecular weight is 181 g/mol. The van der Waals surface area contributed by atoms with Crippen molar-refractivity contribution in [2.45, 2.75) is 33.6 Å². The lowest BCUT2D eigenvalue weighted by Crippen LogP contribution is -2.09. The van der Waals surface area contributed by atoms with Gasteiger partial charge in [-0.25, -0.2) is 0 Å². The average Bonchev–Trinajstić information content (AvgIpc) is 2.56. The summed E-state index contributed by atoms with van der Waals surface area (Å²) in [6.07, 6.45) is 0. The van der Waals surface area contributed by atoms with E-state index in [9.17, 15) is 0 Å². The van der Waals surface area contributed by atoms with E-state index in [0.29, 0.717) is 24.9 Å². The fourth-order valence-corrected chi connectivity index (χ4v) is 1.62. The smallest absolute Gasteiger partial charge is 0.151 e. The van der Waals surface area contributed by atoms with Gasteiger partial charge in [0.2, 0.25) is 0 Å². The van der Waals surface area contributed by atoms with E-state index in [1.54, 1.807) is 0 Å². The molecular weight excluding hydrogens is 166 g/mol. The molecule has 2 rings (SSSR count). The van der Waals surface area contributed by atoms with Crippen LogP contribution in [0.5, 0.6) is 0 Å². The van der Waals surface area contributed by atoms with Gasteiger partial charge in [0.15, 0.2) is 5.82 Å². The number of anilines is 1. The lowest BCUT2D eigenvalue weighted by molar-refractivity contribution is 0.129. The first-order valence-electron chi connectivity index (χ1n) is 4.60. The van der Waals surface area contributed by atoms with Gasteiger partial charge >= 0.3 is 0 Å². The fraction of sp³-hybridized carbons (Fsp3) is 0.667. The lowest BCUT2D eigenvalue weighted by atomic mass is 10.2. The third kappa shape index (κ3) is 1.42. The minimum Gasteiger partial charge on any atom is -0.382 e. The fourth-order valence-electron chi connectivity index (χ4n) is 1.62. The standard InChI is InChI=1S/C9H15N3O/c1-6(2)3-12-8-5-13-4-7(8)9(10)11-12/h6H,3-5H2,1-2H3,(H2,10,11). The summed E-state index contributed by atoms with van der Waals surface area (Å²) in [6.45, 7) is 6.54. The summed E-state index contributed by atoms with van der Waals surface area (Å²) in [5, 5.41) is 4.29. The Bertz CT molecular complexity index is 317. The molecule has 72 valence electrons. The Labute approximate surface area is 77.7 Å². The van der Waals surface area contributed by atoms with Crippen molar-refractivity contribution in [1.29, 1.82) is 0 Å². The molecule has 0 spiro atoms.